The number of nitrogens with two attached hydrogens (primary N) is 1. The van der Waals surface area contributed by atoms with Crippen LogP contribution in [0.25, 0.3) is 22.2 Å². The molecule has 0 aliphatic carbocycles. The summed E-state index contributed by atoms with van der Waals surface area (Å²) >= 11 is 0. The second-order valence-corrected chi connectivity index (χ2v) is 11.2. The highest BCUT2D eigenvalue weighted by molar-refractivity contribution is 7.92. The minimum Gasteiger partial charge on any atom is -0.497 e. The highest BCUT2D eigenvalue weighted by atomic mass is 32.2. The van der Waals surface area contributed by atoms with Crippen molar-refractivity contribution in [3.05, 3.63) is 90.0 Å². The summed E-state index contributed by atoms with van der Waals surface area (Å²) in [5, 5.41) is 3.14. The maximum atomic E-state index is 13.6. The molecule has 1 amide bonds. The number of anilines is 3. The Morgan fingerprint density at radius 2 is 1.40 bits per heavy atom. The van der Waals surface area contributed by atoms with Crippen molar-refractivity contribution in [3.8, 4) is 28.4 Å². The van der Waals surface area contributed by atoms with E-state index in [-0.39, 0.29) is 22.1 Å². The third-order valence-electron chi connectivity index (χ3n) is 6.69. The number of amides is 1. The maximum absolute atomic E-state index is 13.6. The van der Waals surface area contributed by atoms with Gasteiger partial charge in [0.05, 0.1) is 42.8 Å². The fourth-order valence-electron chi connectivity index (χ4n) is 4.60. The SMILES string of the molecule is COc1cc(Nc2nc3ccccc3nc2NS(=O)(=O)c2ccc(-c3c(C(N)=O)ccc(C)c3OC)cc2)cc(OC)c1. The predicted molar refractivity (Wildman–Crippen MR) is 165 cm³/mol. The number of sulfonamides is 1. The van der Waals surface area contributed by atoms with Crippen molar-refractivity contribution >= 4 is 44.3 Å². The molecule has 0 saturated carbocycles. The van der Waals surface area contributed by atoms with Crippen LogP contribution in [0.15, 0.2) is 83.8 Å². The number of carbonyl (C=O) groups excluding carboxylic acids is 1. The van der Waals surface area contributed by atoms with E-state index in [0.29, 0.717) is 45.1 Å². The molecular weight excluding hydrogens is 570 g/mol. The van der Waals surface area contributed by atoms with Gasteiger partial charge in [0.1, 0.15) is 17.2 Å². The van der Waals surface area contributed by atoms with Gasteiger partial charge >= 0.3 is 0 Å². The van der Waals surface area contributed by atoms with Crippen LogP contribution >= 0.6 is 0 Å². The Labute approximate surface area is 248 Å². The van der Waals surface area contributed by atoms with Crippen molar-refractivity contribution in [1.82, 2.24) is 9.97 Å². The van der Waals surface area contributed by atoms with E-state index in [9.17, 15) is 13.2 Å². The van der Waals surface area contributed by atoms with Crippen molar-refractivity contribution in [2.24, 2.45) is 5.73 Å². The van der Waals surface area contributed by atoms with E-state index in [1.54, 1.807) is 60.7 Å². The second kappa shape index (κ2) is 11.9. The first kappa shape index (κ1) is 29.1. The van der Waals surface area contributed by atoms with Gasteiger partial charge in [-0.2, -0.15) is 0 Å². The summed E-state index contributed by atoms with van der Waals surface area (Å²) in [6, 6.07) is 21.7. The predicted octanol–water partition coefficient (Wildman–Crippen LogP) is 5.27. The van der Waals surface area contributed by atoms with Gasteiger partial charge in [-0.3, -0.25) is 9.52 Å². The standard InChI is InChI=1S/C31H29N5O6S/c1-18-9-14-24(29(32)37)27(28(18)42-4)19-10-12-23(13-11-19)43(38,39)36-31-30(34-25-7-5-6-8-26(25)35-31)33-20-15-21(40-2)17-22(16-20)41-3/h5-17H,1-4H3,(H2,32,37)(H,33,34)(H,35,36). The number of hydrogen-bond acceptors (Lipinski definition) is 9. The molecule has 220 valence electrons. The van der Waals surface area contributed by atoms with E-state index in [0.717, 1.165) is 5.56 Å². The monoisotopic (exact) mass is 599 g/mol. The average Bonchev–Trinajstić information content (AvgIpc) is 3.00. The number of nitrogens with zero attached hydrogens (tertiary/aromatic N) is 2. The smallest absolute Gasteiger partial charge is 0.263 e. The molecule has 5 aromatic rings. The Morgan fingerprint density at radius 3 is 1.95 bits per heavy atom. The van der Waals surface area contributed by atoms with Gasteiger partial charge in [-0.1, -0.05) is 30.3 Å². The van der Waals surface area contributed by atoms with Crippen LogP contribution in [0.1, 0.15) is 15.9 Å². The molecule has 0 aliphatic heterocycles. The van der Waals surface area contributed by atoms with E-state index < -0.39 is 15.9 Å². The van der Waals surface area contributed by atoms with E-state index >= 15 is 0 Å². The van der Waals surface area contributed by atoms with Crippen molar-refractivity contribution in [3.63, 3.8) is 0 Å². The van der Waals surface area contributed by atoms with Gasteiger partial charge in [-0.25, -0.2) is 18.4 Å². The molecule has 0 fully saturated rings. The summed E-state index contributed by atoms with van der Waals surface area (Å²) < 4.78 is 46.0. The number of hydrogen-bond donors (Lipinski definition) is 3. The lowest BCUT2D eigenvalue weighted by molar-refractivity contribution is 0.100. The number of fused-ring (bicyclic) bond motifs is 1. The molecule has 4 aromatic carbocycles. The highest BCUT2D eigenvalue weighted by Gasteiger charge is 2.22. The average molecular weight is 600 g/mol. The Kier molecular flexibility index (Phi) is 8.04. The van der Waals surface area contributed by atoms with E-state index in [1.807, 2.05) is 13.0 Å². The molecule has 0 atom stereocenters. The summed E-state index contributed by atoms with van der Waals surface area (Å²) in [6.07, 6.45) is 0. The first-order valence-corrected chi connectivity index (χ1v) is 14.5. The van der Waals surface area contributed by atoms with Crippen LogP contribution in [0, 0.1) is 6.92 Å². The molecule has 0 radical (unpaired) electrons. The van der Waals surface area contributed by atoms with Crippen molar-refractivity contribution in [2.45, 2.75) is 11.8 Å². The molecule has 11 nitrogen and oxygen atoms in total. The minimum absolute atomic E-state index is 0.0130. The number of rotatable bonds is 10. The van der Waals surface area contributed by atoms with Crippen LogP contribution in [-0.2, 0) is 10.0 Å². The number of methoxy groups -OCH3 is 3. The Hall–Kier alpha value is -5.36. The van der Waals surface area contributed by atoms with Crippen LogP contribution < -0.4 is 30.0 Å². The van der Waals surface area contributed by atoms with E-state index in [2.05, 4.69) is 20.0 Å². The van der Waals surface area contributed by atoms with Crippen LogP contribution in [0.3, 0.4) is 0 Å². The quantitative estimate of drug-likeness (QED) is 0.195. The summed E-state index contributed by atoms with van der Waals surface area (Å²) in [5.74, 6) is 1.06. The van der Waals surface area contributed by atoms with Gasteiger partial charge in [0, 0.05) is 29.4 Å². The van der Waals surface area contributed by atoms with Crippen LogP contribution in [0.5, 0.6) is 17.2 Å². The Balaban J connectivity index is 1.53. The number of primary amides is 1. The molecule has 0 bridgehead atoms. The molecular formula is C31H29N5O6S. The molecule has 5 rings (SSSR count). The number of aryl methyl sites for hydroxylation is 1. The van der Waals surface area contributed by atoms with E-state index in [1.165, 1.54) is 33.5 Å². The third kappa shape index (κ3) is 5.99. The molecule has 1 heterocycles. The zero-order valence-corrected chi connectivity index (χ0v) is 24.7. The van der Waals surface area contributed by atoms with Gasteiger partial charge in [-0.05, 0) is 48.4 Å². The lowest BCUT2D eigenvalue weighted by Gasteiger charge is -2.16. The lowest BCUT2D eigenvalue weighted by atomic mass is 9.95. The Bertz CT molecular complexity index is 1920. The van der Waals surface area contributed by atoms with Gasteiger partial charge in [0.25, 0.3) is 10.0 Å². The number of aromatic nitrogens is 2. The van der Waals surface area contributed by atoms with Gasteiger partial charge in [0.15, 0.2) is 11.6 Å². The Morgan fingerprint density at radius 1 is 0.791 bits per heavy atom. The van der Waals surface area contributed by atoms with Crippen molar-refractivity contribution in [2.75, 3.05) is 31.4 Å². The molecule has 0 unspecified atom stereocenters. The molecule has 4 N–H and O–H groups in total. The second-order valence-electron chi connectivity index (χ2n) is 9.47. The van der Waals surface area contributed by atoms with Gasteiger partial charge in [-0.15, -0.1) is 0 Å². The fraction of sp³-hybridized carbons (Fsp3) is 0.129. The summed E-state index contributed by atoms with van der Waals surface area (Å²) in [7, 11) is 0.422. The first-order valence-electron chi connectivity index (χ1n) is 13.0. The topological polar surface area (TPSA) is 155 Å². The molecule has 0 aliphatic rings. The third-order valence-corrected chi connectivity index (χ3v) is 8.05. The number of para-hydroxylation sites is 2. The van der Waals surface area contributed by atoms with Crippen molar-refractivity contribution in [1.29, 1.82) is 0 Å². The molecule has 0 saturated heterocycles. The first-order chi connectivity index (χ1) is 20.6. The van der Waals surface area contributed by atoms with Crippen LogP contribution in [0.4, 0.5) is 17.3 Å². The fourth-order valence-corrected chi connectivity index (χ4v) is 5.61. The maximum Gasteiger partial charge on any atom is 0.263 e. The van der Waals surface area contributed by atoms with Crippen molar-refractivity contribution < 1.29 is 27.4 Å². The highest BCUT2D eigenvalue weighted by Crippen LogP contribution is 2.37. The molecule has 1 aromatic heterocycles. The van der Waals surface area contributed by atoms with Crippen LogP contribution in [-0.4, -0.2) is 45.6 Å². The zero-order valence-electron chi connectivity index (χ0n) is 23.8. The molecule has 0 spiro atoms. The summed E-state index contributed by atoms with van der Waals surface area (Å²) in [5.41, 5.74) is 9.31. The number of benzene rings is 4. The lowest BCUT2D eigenvalue weighted by Crippen LogP contribution is -2.16. The van der Waals surface area contributed by atoms with E-state index in [4.69, 9.17) is 19.9 Å². The largest absolute Gasteiger partial charge is 0.497 e. The number of ether oxygens (including phenoxy) is 3. The van der Waals surface area contributed by atoms with Crippen LogP contribution in [0.2, 0.25) is 0 Å². The molecule has 43 heavy (non-hydrogen) atoms. The van der Waals surface area contributed by atoms with Gasteiger partial charge < -0.3 is 25.3 Å². The number of nitrogens with one attached hydrogen (secondary N) is 2. The van der Waals surface area contributed by atoms with Gasteiger partial charge in [0.2, 0.25) is 5.91 Å². The minimum atomic E-state index is -4.14. The summed E-state index contributed by atoms with van der Waals surface area (Å²) in [4.78, 5) is 21.3. The number of carbonyl (C=O) groups is 1. The normalized spacial score (nSPS) is 11.2. The summed E-state index contributed by atoms with van der Waals surface area (Å²) in [6.45, 7) is 1.84. The molecule has 12 heteroatoms. The zero-order chi connectivity index (χ0) is 30.7.